The van der Waals surface area contributed by atoms with E-state index in [2.05, 4.69) is 50.3 Å². The van der Waals surface area contributed by atoms with Crippen molar-refractivity contribution in [2.75, 3.05) is 5.32 Å². The number of halogens is 1. The van der Waals surface area contributed by atoms with Gasteiger partial charge in [0.05, 0.1) is 11.0 Å². The molecule has 4 nitrogen and oxygen atoms in total. The number of H-pyrrole nitrogens is 1. The summed E-state index contributed by atoms with van der Waals surface area (Å²) < 4.78 is 1.02. The molecule has 0 atom stereocenters. The van der Waals surface area contributed by atoms with E-state index < -0.39 is 0 Å². The summed E-state index contributed by atoms with van der Waals surface area (Å²) in [6.07, 6.45) is 0. The fourth-order valence-electron chi connectivity index (χ4n) is 3.56. The van der Waals surface area contributed by atoms with Crippen LogP contribution in [0.15, 0.2) is 83.3 Å². The zero-order chi connectivity index (χ0) is 20.7. The molecule has 146 valence electrons. The quantitative estimate of drug-likeness (QED) is 0.317. The third-order valence-electron chi connectivity index (χ3n) is 5.14. The molecule has 0 saturated heterocycles. The second-order valence-corrected chi connectivity index (χ2v) is 8.17. The number of hydrogen-bond donors (Lipinski definition) is 2. The summed E-state index contributed by atoms with van der Waals surface area (Å²) in [5.41, 5.74) is 5.48. The minimum absolute atomic E-state index is 0.135. The number of benzene rings is 4. The standard InChI is InChI=1S/C25H18BrN3O/c1-15-5-12-22-23(13-15)29-24(28-22)16-6-9-19(10-7-16)27-25(30)18-8-11-20-17(14-18)3-2-4-21(20)26/h2-14H,1H3,(H,27,30)(H,28,29). The molecular weight excluding hydrogens is 438 g/mol. The fourth-order valence-corrected chi connectivity index (χ4v) is 4.07. The van der Waals surface area contributed by atoms with E-state index in [9.17, 15) is 4.79 Å². The fraction of sp³-hybridized carbons (Fsp3) is 0.0400. The van der Waals surface area contributed by atoms with E-state index in [4.69, 9.17) is 0 Å². The van der Waals surface area contributed by atoms with Gasteiger partial charge in [0.15, 0.2) is 0 Å². The highest BCUT2D eigenvalue weighted by molar-refractivity contribution is 9.10. The second kappa shape index (κ2) is 7.43. The predicted octanol–water partition coefficient (Wildman–Crippen LogP) is 6.71. The third-order valence-corrected chi connectivity index (χ3v) is 5.83. The molecule has 1 amide bonds. The Kier molecular flexibility index (Phi) is 4.60. The van der Waals surface area contributed by atoms with Crippen molar-refractivity contribution >= 4 is 49.3 Å². The van der Waals surface area contributed by atoms with Crippen molar-refractivity contribution in [3.63, 3.8) is 0 Å². The SMILES string of the molecule is Cc1ccc2nc(-c3ccc(NC(=O)c4ccc5c(Br)cccc5c4)cc3)[nH]c2c1. The average Bonchev–Trinajstić information content (AvgIpc) is 3.17. The number of nitrogens with one attached hydrogen (secondary N) is 2. The monoisotopic (exact) mass is 455 g/mol. The first-order valence-electron chi connectivity index (χ1n) is 9.63. The lowest BCUT2D eigenvalue weighted by molar-refractivity contribution is 0.102. The lowest BCUT2D eigenvalue weighted by atomic mass is 10.1. The lowest BCUT2D eigenvalue weighted by Gasteiger charge is -2.08. The van der Waals surface area contributed by atoms with Crippen molar-refractivity contribution in [1.29, 1.82) is 0 Å². The summed E-state index contributed by atoms with van der Waals surface area (Å²) in [5, 5.41) is 5.07. The molecule has 0 aliphatic heterocycles. The number of anilines is 1. The van der Waals surface area contributed by atoms with Crippen LogP contribution >= 0.6 is 15.9 Å². The van der Waals surface area contributed by atoms with E-state index in [-0.39, 0.29) is 5.91 Å². The van der Waals surface area contributed by atoms with E-state index in [0.29, 0.717) is 5.56 Å². The van der Waals surface area contributed by atoms with Crippen LogP contribution < -0.4 is 5.32 Å². The molecule has 0 bridgehead atoms. The number of rotatable bonds is 3. The Morgan fingerprint density at radius 3 is 2.63 bits per heavy atom. The zero-order valence-electron chi connectivity index (χ0n) is 16.2. The number of nitrogens with zero attached hydrogens (tertiary/aromatic N) is 1. The van der Waals surface area contributed by atoms with Crippen molar-refractivity contribution in [2.45, 2.75) is 6.92 Å². The number of hydrogen-bond acceptors (Lipinski definition) is 2. The molecule has 1 heterocycles. The normalized spacial score (nSPS) is 11.1. The van der Waals surface area contributed by atoms with E-state index >= 15 is 0 Å². The van der Waals surface area contributed by atoms with Crippen LogP contribution in [-0.4, -0.2) is 15.9 Å². The van der Waals surface area contributed by atoms with Crippen LogP contribution in [0.2, 0.25) is 0 Å². The Morgan fingerprint density at radius 1 is 0.967 bits per heavy atom. The predicted molar refractivity (Wildman–Crippen MR) is 126 cm³/mol. The number of aromatic nitrogens is 2. The molecule has 0 aliphatic rings. The van der Waals surface area contributed by atoms with E-state index in [1.165, 1.54) is 5.56 Å². The summed E-state index contributed by atoms with van der Waals surface area (Å²) in [6.45, 7) is 2.06. The van der Waals surface area contributed by atoms with Gasteiger partial charge in [0, 0.05) is 21.3 Å². The van der Waals surface area contributed by atoms with Gasteiger partial charge in [0.25, 0.3) is 5.91 Å². The summed E-state index contributed by atoms with van der Waals surface area (Å²) in [6, 6.07) is 25.5. The maximum absolute atomic E-state index is 12.7. The summed E-state index contributed by atoms with van der Waals surface area (Å²) in [4.78, 5) is 20.7. The Labute approximate surface area is 182 Å². The summed E-state index contributed by atoms with van der Waals surface area (Å²) >= 11 is 3.54. The van der Waals surface area contributed by atoms with Crippen LogP contribution in [0, 0.1) is 6.92 Å². The largest absolute Gasteiger partial charge is 0.338 e. The van der Waals surface area contributed by atoms with E-state index in [1.54, 1.807) is 0 Å². The number of aromatic amines is 1. The van der Waals surface area contributed by atoms with Crippen LogP contribution in [0.3, 0.4) is 0 Å². The van der Waals surface area contributed by atoms with Gasteiger partial charge in [-0.2, -0.15) is 0 Å². The van der Waals surface area contributed by atoms with Crippen molar-refractivity contribution in [3.8, 4) is 11.4 Å². The highest BCUT2D eigenvalue weighted by atomic mass is 79.9. The number of carbonyl (C=O) groups is 1. The van der Waals surface area contributed by atoms with Gasteiger partial charge in [0.1, 0.15) is 5.82 Å². The Bertz CT molecular complexity index is 1400. The molecule has 5 rings (SSSR count). The van der Waals surface area contributed by atoms with Gasteiger partial charge in [-0.15, -0.1) is 0 Å². The highest BCUT2D eigenvalue weighted by Gasteiger charge is 2.09. The van der Waals surface area contributed by atoms with E-state index in [0.717, 1.165) is 43.4 Å². The van der Waals surface area contributed by atoms with Crippen LogP contribution in [0.5, 0.6) is 0 Å². The molecular formula is C25H18BrN3O. The Morgan fingerprint density at radius 2 is 1.80 bits per heavy atom. The van der Waals surface area contributed by atoms with Crippen LogP contribution in [-0.2, 0) is 0 Å². The molecule has 2 N–H and O–H groups in total. The first-order chi connectivity index (χ1) is 14.6. The summed E-state index contributed by atoms with van der Waals surface area (Å²) in [7, 11) is 0. The molecule has 30 heavy (non-hydrogen) atoms. The Balaban J connectivity index is 1.37. The van der Waals surface area contributed by atoms with Gasteiger partial charge in [-0.3, -0.25) is 4.79 Å². The van der Waals surface area contributed by atoms with E-state index in [1.807, 2.05) is 66.7 Å². The van der Waals surface area contributed by atoms with Gasteiger partial charge in [-0.05, 0) is 77.9 Å². The second-order valence-electron chi connectivity index (χ2n) is 7.31. The minimum atomic E-state index is -0.135. The maximum atomic E-state index is 12.7. The maximum Gasteiger partial charge on any atom is 0.255 e. The zero-order valence-corrected chi connectivity index (χ0v) is 17.8. The van der Waals surface area contributed by atoms with Gasteiger partial charge in [-0.25, -0.2) is 4.98 Å². The number of aryl methyl sites for hydroxylation is 1. The van der Waals surface area contributed by atoms with Crippen molar-refractivity contribution in [3.05, 3.63) is 94.5 Å². The van der Waals surface area contributed by atoms with Crippen LogP contribution in [0.25, 0.3) is 33.2 Å². The van der Waals surface area contributed by atoms with Gasteiger partial charge >= 0.3 is 0 Å². The van der Waals surface area contributed by atoms with Crippen molar-refractivity contribution < 1.29 is 4.79 Å². The number of amides is 1. The number of carbonyl (C=O) groups excluding carboxylic acids is 1. The van der Waals surface area contributed by atoms with Crippen LogP contribution in [0.4, 0.5) is 5.69 Å². The van der Waals surface area contributed by atoms with Gasteiger partial charge < -0.3 is 10.3 Å². The molecule has 1 aromatic heterocycles. The molecule has 5 heteroatoms. The van der Waals surface area contributed by atoms with Gasteiger partial charge in [-0.1, -0.05) is 40.2 Å². The first-order valence-corrected chi connectivity index (χ1v) is 10.4. The average molecular weight is 456 g/mol. The molecule has 5 aromatic rings. The Hall–Kier alpha value is -3.44. The number of imidazole rings is 1. The molecule has 4 aromatic carbocycles. The minimum Gasteiger partial charge on any atom is -0.338 e. The molecule has 0 radical (unpaired) electrons. The molecule has 0 saturated carbocycles. The molecule has 0 aliphatic carbocycles. The lowest BCUT2D eigenvalue weighted by Crippen LogP contribution is -2.11. The molecule has 0 spiro atoms. The van der Waals surface area contributed by atoms with Crippen molar-refractivity contribution in [1.82, 2.24) is 9.97 Å². The van der Waals surface area contributed by atoms with Gasteiger partial charge in [0.2, 0.25) is 0 Å². The summed E-state index contributed by atoms with van der Waals surface area (Å²) in [5.74, 6) is 0.678. The van der Waals surface area contributed by atoms with Crippen LogP contribution in [0.1, 0.15) is 15.9 Å². The third kappa shape index (κ3) is 3.48. The molecule has 0 unspecified atom stereocenters. The smallest absolute Gasteiger partial charge is 0.255 e. The molecule has 0 fully saturated rings. The number of fused-ring (bicyclic) bond motifs is 2. The highest BCUT2D eigenvalue weighted by Crippen LogP contribution is 2.26. The topological polar surface area (TPSA) is 57.8 Å². The first kappa shape index (κ1) is 18.6. The van der Waals surface area contributed by atoms with Crippen molar-refractivity contribution in [2.24, 2.45) is 0 Å².